The van der Waals surface area contributed by atoms with Gasteiger partial charge in [-0.25, -0.2) is 4.98 Å². The molecule has 1 fully saturated rings. The van der Waals surface area contributed by atoms with E-state index in [-0.39, 0.29) is 55.2 Å². The van der Waals surface area contributed by atoms with E-state index in [2.05, 4.69) is 15.2 Å². The molecule has 0 saturated carbocycles. The molecule has 3 heterocycles. The predicted molar refractivity (Wildman–Crippen MR) is 173 cm³/mol. The summed E-state index contributed by atoms with van der Waals surface area (Å²) in [4.78, 5) is 58.6. The van der Waals surface area contributed by atoms with Gasteiger partial charge in [-0.3, -0.25) is 24.6 Å². The summed E-state index contributed by atoms with van der Waals surface area (Å²) in [6.45, 7) is 11.9. The monoisotopic (exact) mass is 635 g/mol. The van der Waals surface area contributed by atoms with E-state index in [0.29, 0.717) is 73.9 Å². The minimum absolute atomic E-state index is 0.0592. The summed E-state index contributed by atoms with van der Waals surface area (Å²) in [5, 5.41) is 11.4. The number of amides is 1. The lowest BCUT2D eigenvalue weighted by Crippen LogP contribution is -2.35. The van der Waals surface area contributed by atoms with Crippen LogP contribution in [0.1, 0.15) is 98.0 Å². The number of fused-ring (bicyclic) bond motifs is 1. The van der Waals surface area contributed by atoms with Crippen molar-refractivity contribution in [2.24, 2.45) is 0 Å². The van der Waals surface area contributed by atoms with Crippen LogP contribution in [0.4, 0.5) is 5.69 Å². The zero-order valence-corrected chi connectivity index (χ0v) is 27.7. The summed E-state index contributed by atoms with van der Waals surface area (Å²) in [6, 6.07) is 5.39. The van der Waals surface area contributed by atoms with Gasteiger partial charge in [0.25, 0.3) is 5.91 Å². The number of ether oxygens (including phenoxy) is 3. The second kappa shape index (κ2) is 14.7. The molecule has 1 aromatic carbocycles. The molecular weight excluding hydrogens is 590 g/mol. The van der Waals surface area contributed by atoms with E-state index < -0.39 is 11.3 Å². The van der Waals surface area contributed by atoms with Crippen LogP contribution in [0.2, 0.25) is 0 Å². The van der Waals surface area contributed by atoms with Crippen LogP contribution >= 0.6 is 0 Å². The van der Waals surface area contributed by atoms with E-state index in [0.717, 1.165) is 11.3 Å². The lowest BCUT2D eigenvalue weighted by molar-refractivity contribution is -0.143. The highest BCUT2D eigenvalue weighted by Gasteiger charge is 2.33. The first-order chi connectivity index (χ1) is 21.9. The number of anilines is 1. The highest BCUT2D eigenvalue weighted by atomic mass is 16.5. The first-order valence-electron chi connectivity index (χ1n) is 15.9. The molecule has 248 valence electrons. The molecule has 0 aliphatic carbocycles. The van der Waals surface area contributed by atoms with E-state index in [1.54, 1.807) is 17.9 Å². The first kappa shape index (κ1) is 34.4. The number of nitrogens with zero attached hydrogens (tertiary/aromatic N) is 3. The molecule has 2 N–H and O–H groups in total. The lowest BCUT2D eigenvalue weighted by Gasteiger charge is -2.33. The zero-order valence-electron chi connectivity index (χ0n) is 27.7. The molecule has 0 atom stereocenters. The fourth-order valence-corrected chi connectivity index (χ4v) is 5.58. The smallest absolute Gasteiger partial charge is 0.305 e. The molecule has 2 aliphatic rings. The van der Waals surface area contributed by atoms with Gasteiger partial charge < -0.3 is 29.3 Å². The number of piperidine rings is 1. The number of aromatic nitrogens is 1. The summed E-state index contributed by atoms with van der Waals surface area (Å²) in [7, 11) is 1.50. The van der Waals surface area contributed by atoms with Crippen LogP contribution in [-0.4, -0.2) is 85.7 Å². The number of Topliss-reactive ketones (excluding diaryl/α,β-unsaturated/α-hetero) is 2. The molecule has 12 nitrogen and oxygen atoms in total. The molecule has 0 spiro atoms. The third-order valence-corrected chi connectivity index (χ3v) is 7.98. The number of carbonyl (C=O) groups is 4. The van der Waals surface area contributed by atoms with Crippen LogP contribution in [0.25, 0.3) is 0 Å². The van der Waals surface area contributed by atoms with Crippen LogP contribution in [-0.2, 0) is 26.3 Å². The third kappa shape index (κ3) is 7.83. The van der Waals surface area contributed by atoms with Crippen LogP contribution in [0.3, 0.4) is 0 Å². The molecule has 46 heavy (non-hydrogen) atoms. The summed E-state index contributed by atoms with van der Waals surface area (Å²) >= 11 is 0. The highest BCUT2D eigenvalue weighted by molar-refractivity contribution is 6.06. The molecule has 4 rings (SSSR count). The second-order valence-corrected chi connectivity index (χ2v) is 12.4. The summed E-state index contributed by atoms with van der Waals surface area (Å²) in [5.41, 5.74) is 2.77. The molecule has 1 amide bonds. The molecular formula is C34H45N5O7. The van der Waals surface area contributed by atoms with Crippen molar-refractivity contribution in [1.29, 1.82) is 5.41 Å². The number of esters is 1. The summed E-state index contributed by atoms with van der Waals surface area (Å²) in [6.07, 6.45) is 1.52. The molecule has 2 aromatic rings. The quantitative estimate of drug-likeness (QED) is 0.187. The maximum atomic E-state index is 14.0. The lowest BCUT2D eigenvalue weighted by atomic mass is 9.84. The average molecular weight is 636 g/mol. The molecule has 0 unspecified atom stereocenters. The maximum Gasteiger partial charge on any atom is 0.305 e. The Morgan fingerprint density at radius 1 is 1.04 bits per heavy atom. The molecule has 0 bridgehead atoms. The van der Waals surface area contributed by atoms with E-state index >= 15 is 0 Å². The number of hydrogen-bond acceptors (Lipinski definition) is 10. The Hall–Kier alpha value is -4.48. The van der Waals surface area contributed by atoms with Crippen molar-refractivity contribution in [3.63, 3.8) is 0 Å². The van der Waals surface area contributed by atoms with Gasteiger partial charge in [0.1, 0.15) is 23.1 Å². The van der Waals surface area contributed by atoms with Crippen LogP contribution in [0.15, 0.2) is 18.2 Å². The van der Waals surface area contributed by atoms with E-state index in [9.17, 15) is 19.2 Å². The Labute approximate surface area is 270 Å². The average Bonchev–Trinajstić information content (AvgIpc) is 3.31. The zero-order chi connectivity index (χ0) is 33.6. The molecule has 1 aromatic heterocycles. The standard InChI is InChI=1S/C34H45N5O7/c1-7-44-27-18-22-19-39(32(35)29(22)37-30(27)33(43)36-6)20-26(41)21-16-24(34(3,4)5)31(46-15-9-10-28(42)45-8-2)25(17-21)38-13-11-23(40)12-14-38/h16-18,35H,7-15,19-20H2,1-6H3,(H,36,43). The van der Waals surface area contributed by atoms with Crippen molar-refractivity contribution in [3.05, 3.63) is 46.3 Å². The minimum atomic E-state index is -0.418. The van der Waals surface area contributed by atoms with Gasteiger partial charge in [0.2, 0.25) is 0 Å². The van der Waals surface area contributed by atoms with Gasteiger partial charge in [-0.1, -0.05) is 20.8 Å². The number of amidine groups is 1. The van der Waals surface area contributed by atoms with Gasteiger partial charge in [-0.15, -0.1) is 0 Å². The van der Waals surface area contributed by atoms with Crippen molar-refractivity contribution >= 4 is 35.0 Å². The van der Waals surface area contributed by atoms with Crippen molar-refractivity contribution in [1.82, 2.24) is 15.2 Å². The Morgan fingerprint density at radius 3 is 2.39 bits per heavy atom. The summed E-state index contributed by atoms with van der Waals surface area (Å²) < 4.78 is 17.1. The fraction of sp³-hybridized carbons (Fsp3) is 0.529. The Morgan fingerprint density at radius 2 is 1.76 bits per heavy atom. The Kier molecular flexibility index (Phi) is 11.0. The van der Waals surface area contributed by atoms with Crippen molar-refractivity contribution in [2.45, 2.75) is 72.3 Å². The number of rotatable bonds is 13. The Balaban J connectivity index is 1.64. The second-order valence-electron chi connectivity index (χ2n) is 12.4. The predicted octanol–water partition coefficient (Wildman–Crippen LogP) is 4.05. The maximum absolute atomic E-state index is 14.0. The number of benzene rings is 1. The number of ketones is 2. The fourth-order valence-electron chi connectivity index (χ4n) is 5.58. The highest BCUT2D eigenvalue weighted by Crippen LogP contribution is 2.41. The molecule has 12 heteroatoms. The van der Waals surface area contributed by atoms with Crippen molar-refractivity contribution in [2.75, 3.05) is 51.4 Å². The Bertz CT molecular complexity index is 1500. The van der Waals surface area contributed by atoms with Crippen LogP contribution < -0.4 is 19.7 Å². The molecule has 0 radical (unpaired) electrons. The van der Waals surface area contributed by atoms with Gasteiger partial charge in [-0.05, 0) is 43.9 Å². The number of hydrogen-bond donors (Lipinski definition) is 2. The van der Waals surface area contributed by atoms with Crippen molar-refractivity contribution in [3.8, 4) is 11.5 Å². The number of pyridine rings is 1. The normalized spacial score (nSPS) is 14.7. The van der Waals surface area contributed by atoms with E-state index in [1.165, 1.54) is 7.05 Å². The van der Waals surface area contributed by atoms with Gasteiger partial charge >= 0.3 is 5.97 Å². The number of nitrogens with one attached hydrogen (secondary N) is 2. The topological polar surface area (TPSA) is 151 Å². The van der Waals surface area contributed by atoms with Gasteiger partial charge in [0, 0.05) is 62.6 Å². The largest absolute Gasteiger partial charge is 0.491 e. The van der Waals surface area contributed by atoms with E-state index in [4.69, 9.17) is 19.6 Å². The van der Waals surface area contributed by atoms with E-state index in [1.807, 2.05) is 39.8 Å². The molecule has 1 saturated heterocycles. The van der Waals surface area contributed by atoms with Crippen molar-refractivity contribution < 1.29 is 33.4 Å². The SMILES string of the molecule is CCOC(=O)CCCOc1c(N2CCC(=O)CC2)cc(C(=O)CN2Cc3cc(OCC)c(C(=O)NC)nc3C2=N)cc1C(C)(C)C. The van der Waals surface area contributed by atoms with Gasteiger partial charge in [-0.2, -0.15) is 0 Å². The molecule has 2 aliphatic heterocycles. The third-order valence-electron chi connectivity index (χ3n) is 7.98. The number of carbonyl (C=O) groups excluding carboxylic acids is 4. The minimum Gasteiger partial charge on any atom is -0.491 e. The van der Waals surface area contributed by atoms with Gasteiger partial charge in [0.15, 0.2) is 17.2 Å². The first-order valence-corrected chi connectivity index (χ1v) is 15.9. The van der Waals surface area contributed by atoms with Crippen LogP contribution in [0, 0.1) is 5.41 Å². The van der Waals surface area contributed by atoms with Crippen LogP contribution in [0.5, 0.6) is 11.5 Å². The summed E-state index contributed by atoms with van der Waals surface area (Å²) in [5.74, 6) is 0.341. The van der Waals surface area contributed by atoms with Gasteiger partial charge in [0.05, 0.1) is 32.1 Å².